The Balaban J connectivity index is 2.49. The Labute approximate surface area is 125 Å². The second-order valence-corrected chi connectivity index (χ2v) is 6.18. The second-order valence-electron chi connectivity index (χ2n) is 6.18. The predicted molar refractivity (Wildman–Crippen MR) is 85.6 cm³/mol. The van der Waals surface area contributed by atoms with Crippen LogP contribution in [0.25, 0.3) is 0 Å². The van der Waals surface area contributed by atoms with Crippen molar-refractivity contribution < 1.29 is 0 Å². The van der Waals surface area contributed by atoms with Gasteiger partial charge in [-0.05, 0) is 64.2 Å². The minimum atomic E-state index is -0.236. The first-order valence-electron chi connectivity index (χ1n) is 8.61. The molecule has 0 radical (unpaired) electrons. The van der Waals surface area contributed by atoms with Crippen LogP contribution in [0.1, 0.15) is 65.7 Å². The molecular weight excluding hydrogens is 246 g/mol. The van der Waals surface area contributed by atoms with Gasteiger partial charge in [0.1, 0.15) is 5.54 Å². The van der Waals surface area contributed by atoms with Crippen LogP contribution < -0.4 is 5.32 Å². The van der Waals surface area contributed by atoms with E-state index in [1.165, 1.54) is 38.6 Å². The molecule has 2 unspecified atom stereocenters. The molecular formula is C17H33N3. The summed E-state index contributed by atoms with van der Waals surface area (Å²) in [4.78, 5) is 2.55. The molecule has 0 amide bonds. The van der Waals surface area contributed by atoms with Crippen LogP contribution in [0.15, 0.2) is 0 Å². The zero-order valence-electron chi connectivity index (χ0n) is 13.7. The highest BCUT2D eigenvalue weighted by molar-refractivity contribution is 5.14. The normalized spacial score (nSPS) is 26.1. The lowest BCUT2D eigenvalue weighted by molar-refractivity contribution is 0.227. The molecule has 0 aromatic carbocycles. The maximum absolute atomic E-state index is 9.65. The number of hydrogen-bond acceptors (Lipinski definition) is 3. The quantitative estimate of drug-likeness (QED) is 0.664. The molecule has 1 N–H and O–H groups in total. The minimum Gasteiger partial charge on any atom is -0.304 e. The third kappa shape index (κ3) is 4.75. The van der Waals surface area contributed by atoms with E-state index in [4.69, 9.17) is 0 Å². The predicted octanol–water partition coefficient (Wildman–Crippen LogP) is 3.56. The Morgan fingerprint density at radius 3 is 2.65 bits per heavy atom. The highest BCUT2D eigenvalue weighted by Crippen LogP contribution is 2.37. The highest BCUT2D eigenvalue weighted by Gasteiger charge is 2.42. The first-order chi connectivity index (χ1) is 9.72. The number of rotatable bonds is 10. The molecule has 116 valence electrons. The maximum atomic E-state index is 9.65. The summed E-state index contributed by atoms with van der Waals surface area (Å²) >= 11 is 0. The molecule has 20 heavy (non-hydrogen) atoms. The Hall–Kier alpha value is -0.590. The molecule has 3 nitrogen and oxygen atoms in total. The molecule has 1 aliphatic rings. The van der Waals surface area contributed by atoms with Crippen molar-refractivity contribution >= 4 is 0 Å². The molecule has 2 atom stereocenters. The summed E-state index contributed by atoms with van der Waals surface area (Å²) < 4.78 is 0. The molecule has 1 fully saturated rings. The smallest absolute Gasteiger partial charge is 0.109 e. The van der Waals surface area contributed by atoms with E-state index < -0.39 is 0 Å². The van der Waals surface area contributed by atoms with Crippen molar-refractivity contribution in [3.8, 4) is 6.07 Å². The monoisotopic (exact) mass is 279 g/mol. The minimum absolute atomic E-state index is 0.236. The summed E-state index contributed by atoms with van der Waals surface area (Å²) in [5.74, 6) is 0.537. The summed E-state index contributed by atoms with van der Waals surface area (Å²) in [5, 5.41) is 13.2. The van der Waals surface area contributed by atoms with Crippen LogP contribution in [-0.4, -0.2) is 36.6 Å². The average molecular weight is 279 g/mol. The van der Waals surface area contributed by atoms with Gasteiger partial charge in [-0.2, -0.15) is 5.26 Å². The summed E-state index contributed by atoms with van der Waals surface area (Å²) in [6.45, 7) is 11.1. The van der Waals surface area contributed by atoms with Gasteiger partial charge in [-0.3, -0.25) is 5.32 Å². The molecule has 0 spiro atoms. The van der Waals surface area contributed by atoms with Gasteiger partial charge in [-0.1, -0.05) is 33.6 Å². The molecule has 3 heteroatoms. The molecule has 0 heterocycles. The van der Waals surface area contributed by atoms with Gasteiger partial charge in [0.2, 0.25) is 0 Å². The average Bonchev–Trinajstić information content (AvgIpc) is 2.89. The Morgan fingerprint density at radius 1 is 1.25 bits per heavy atom. The zero-order chi connectivity index (χ0) is 14.8. The van der Waals surface area contributed by atoms with Crippen molar-refractivity contribution in [2.75, 3.05) is 26.2 Å². The molecule has 0 saturated heterocycles. The SMILES string of the molecule is CCCCN(CC)CCC1CCCC1(C#N)NCCC. The van der Waals surface area contributed by atoms with Gasteiger partial charge in [0.15, 0.2) is 0 Å². The van der Waals surface area contributed by atoms with Gasteiger partial charge in [-0.25, -0.2) is 0 Å². The van der Waals surface area contributed by atoms with E-state index in [1.807, 2.05) is 0 Å². The molecule has 1 rings (SSSR count). The summed E-state index contributed by atoms with van der Waals surface area (Å²) in [7, 11) is 0. The lowest BCUT2D eigenvalue weighted by atomic mass is 9.85. The van der Waals surface area contributed by atoms with Crippen LogP contribution in [-0.2, 0) is 0 Å². The van der Waals surface area contributed by atoms with Crippen molar-refractivity contribution in [1.82, 2.24) is 10.2 Å². The number of nitrogens with one attached hydrogen (secondary N) is 1. The van der Waals surface area contributed by atoms with Gasteiger partial charge in [-0.15, -0.1) is 0 Å². The van der Waals surface area contributed by atoms with Gasteiger partial charge < -0.3 is 4.90 Å². The molecule has 0 bridgehead atoms. The number of hydrogen-bond donors (Lipinski definition) is 1. The summed E-state index contributed by atoms with van der Waals surface area (Å²) in [6, 6.07) is 2.62. The molecule has 0 aromatic rings. The molecule has 0 aromatic heterocycles. The van der Waals surface area contributed by atoms with Crippen LogP contribution in [0.3, 0.4) is 0 Å². The summed E-state index contributed by atoms with van der Waals surface area (Å²) in [5.41, 5.74) is -0.236. The van der Waals surface area contributed by atoms with Crippen LogP contribution in [0.2, 0.25) is 0 Å². The van der Waals surface area contributed by atoms with Crippen molar-refractivity contribution in [3.05, 3.63) is 0 Å². The van der Waals surface area contributed by atoms with Crippen molar-refractivity contribution in [2.24, 2.45) is 5.92 Å². The van der Waals surface area contributed by atoms with E-state index in [-0.39, 0.29) is 5.54 Å². The standard InChI is InChI=1S/C17H33N3/c1-4-7-13-20(6-3)14-10-16-9-8-11-17(16,15-18)19-12-5-2/h16,19H,4-14H2,1-3H3. The highest BCUT2D eigenvalue weighted by atomic mass is 15.1. The van der Waals surface area contributed by atoms with Crippen LogP contribution in [0, 0.1) is 17.2 Å². The van der Waals surface area contributed by atoms with E-state index >= 15 is 0 Å². The van der Waals surface area contributed by atoms with Crippen LogP contribution in [0.4, 0.5) is 0 Å². The first kappa shape index (κ1) is 17.5. The van der Waals surface area contributed by atoms with Crippen molar-refractivity contribution in [2.45, 2.75) is 71.3 Å². The zero-order valence-corrected chi connectivity index (χ0v) is 13.7. The van der Waals surface area contributed by atoms with E-state index in [2.05, 4.69) is 37.1 Å². The second kappa shape index (κ2) is 9.37. The van der Waals surface area contributed by atoms with Gasteiger partial charge in [0.25, 0.3) is 0 Å². The fraction of sp³-hybridized carbons (Fsp3) is 0.941. The lowest BCUT2D eigenvalue weighted by Crippen LogP contribution is -2.48. The van der Waals surface area contributed by atoms with Crippen LogP contribution in [0.5, 0.6) is 0 Å². The number of unbranched alkanes of at least 4 members (excludes halogenated alkanes) is 1. The van der Waals surface area contributed by atoms with E-state index in [9.17, 15) is 5.26 Å². The van der Waals surface area contributed by atoms with Crippen molar-refractivity contribution in [1.29, 1.82) is 5.26 Å². The van der Waals surface area contributed by atoms with Gasteiger partial charge in [0.05, 0.1) is 6.07 Å². The largest absolute Gasteiger partial charge is 0.304 e. The van der Waals surface area contributed by atoms with E-state index in [1.54, 1.807) is 0 Å². The topological polar surface area (TPSA) is 39.1 Å². The van der Waals surface area contributed by atoms with Crippen molar-refractivity contribution in [3.63, 3.8) is 0 Å². The third-order valence-electron chi connectivity index (χ3n) is 4.78. The number of nitrogens with zero attached hydrogens (tertiary/aromatic N) is 2. The fourth-order valence-electron chi connectivity index (χ4n) is 3.38. The Bertz CT molecular complexity index is 297. The van der Waals surface area contributed by atoms with Gasteiger partial charge >= 0.3 is 0 Å². The fourth-order valence-corrected chi connectivity index (χ4v) is 3.38. The Morgan fingerprint density at radius 2 is 2.05 bits per heavy atom. The summed E-state index contributed by atoms with van der Waals surface area (Å²) in [6.07, 6.45) is 8.28. The molecule has 0 aliphatic heterocycles. The van der Waals surface area contributed by atoms with Crippen LogP contribution >= 0.6 is 0 Å². The van der Waals surface area contributed by atoms with Gasteiger partial charge in [0, 0.05) is 0 Å². The molecule has 1 aliphatic carbocycles. The first-order valence-corrected chi connectivity index (χ1v) is 8.61. The third-order valence-corrected chi connectivity index (χ3v) is 4.78. The van der Waals surface area contributed by atoms with E-state index in [0.717, 1.165) is 32.5 Å². The molecule has 1 saturated carbocycles. The Kier molecular flexibility index (Phi) is 8.18. The lowest BCUT2D eigenvalue weighted by Gasteiger charge is -2.31. The number of nitriles is 1. The van der Waals surface area contributed by atoms with E-state index in [0.29, 0.717) is 5.92 Å². The maximum Gasteiger partial charge on any atom is 0.109 e.